The van der Waals surface area contributed by atoms with Gasteiger partial charge in [0.2, 0.25) is 0 Å². The number of fused-ring (bicyclic) bond motifs is 6. The molecule has 57 heavy (non-hydrogen) atoms. The third-order valence-electron chi connectivity index (χ3n) is 11.9. The predicted molar refractivity (Wildman–Crippen MR) is 244 cm³/mol. The standard InChI is InChI=1S/C54H38N2Si/c1-6-21-39(22-7-1)44-32-18-35-48-52(44)53-49(55(48)40-23-8-2-9-24-40)36-20-37-50(53)56-47-34-17-16-31-45(47)46-33-19-38-51(54(46)56)57(41-25-10-3-11-26-41,42-27-12-4-13-28-42)43-29-14-5-15-30-43/h1-38H. The van der Waals surface area contributed by atoms with Crippen molar-refractivity contribution in [2.75, 3.05) is 0 Å². The van der Waals surface area contributed by atoms with Crippen LogP contribution in [0, 0.1) is 0 Å². The van der Waals surface area contributed by atoms with Crippen LogP contribution in [0.2, 0.25) is 0 Å². The van der Waals surface area contributed by atoms with E-state index in [9.17, 15) is 0 Å². The van der Waals surface area contributed by atoms with Crippen LogP contribution in [-0.2, 0) is 0 Å². The van der Waals surface area contributed by atoms with Crippen molar-refractivity contribution in [2.45, 2.75) is 0 Å². The average Bonchev–Trinajstić information content (AvgIpc) is 3.82. The predicted octanol–water partition coefficient (Wildman–Crippen LogP) is 10.9. The Morgan fingerprint density at radius 1 is 0.316 bits per heavy atom. The molecule has 0 aliphatic rings. The van der Waals surface area contributed by atoms with Gasteiger partial charge in [-0.3, -0.25) is 0 Å². The van der Waals surface area contributed by atoms with Gasteiger partial charge in [-0.25, -0.2) is 0 Å². The van der Waals surface area contributed by atoms with Crippen molar-refractivity contribution in [1.82, 2.24) is 9.13 Å². The van der Waals surface area contributed by atoms with Gasteiger partial charge in [0.05, 0.1) is 27.8 Å². The van der Waals surface area contributed by atoms with E-state index in [-0.39, 0.29) is 0 Å². The maximum atomic E-state index is 2.61. The van der Waals surface area contributed by atoms with Gasteiger partial charge in [-0.2, -0.15) is 0 Å². The molecule has 0 unspecified atom stereocenters. The Morgan fingerprint density at radius 3 is 1.42 bits per heavy atom. The first-order chi connectivity index (χ1) is 28.3. The first-order valence-corrected chi connectivity index (χ1v) is 21.7. The summed E-state index contributed by atoms with van der Waals surface area (Å²) in [6, 6.07) is 85.3. The normalized spacial score (nSPS) is 11.9. The maximum Gasteiger partial charge on any atom is 0.181 e. The van der Waals surface area contributed by atoms with Gasteiger partial charge in [0.25, 0.3) is 0 Å². The Balaban J connectivity index is 1.36. The summed E-state index contributed by atoms with van der Waals surface area (Å²) < 4.78 is 5.06. The van der Waals surface area contributed by atoms with Crippen LogP contribution >= 0.6 is 0 Å². The van der Waals surface area contributed by atoms with Crippen LogP contribution in [0.4, 0.5) is 0 Å². The summed E-state index contributed by atoms with van der Waals surface area (Å²) >= 11 is 0. The molecule has 0 N–H and O–H groups in total. The van der Waals surface area contributed by atoms with E-state index in [1.165, 1.54) is 81.2 Å². The Morgan fingerprint density at radius 2 is 0.789 bits per heavy atom. The van der Waals surface area contributed by atoms with Crippen LogP contribution in [0.3, 0.4) is 0 Å². The van der Waals surface area contributed by atoms with Crippen molar-refractivity contribution in [1.29, 1.82) is 0 Å². The zero-order valence-electron chi connectivity index (χ0n) is 31.3. The van der Waals surface area contributed by atoms with E-state index in [0.29, 0.717) is 0 Å². The molecule has 0 aliphatic heterocycles. The Labute approximate surface area is 333 Å². The third-order valence-corrected chi connectivity index (χ3v) is 16.7. The SMILES string of the molecule is c1ccc(-c2cccc3c2c2c(-n4c5ccccc5c5cccc([Si](c6ccccc6)(c6ccccc6)c6ccccc6)c54)cccc2n3-c2ccccc2)cc1. The van der Waals surface area contributed by atoms with Crippen molar-refractivity contribution < 1.29 is 0 Å². The highest BCUT2D eigenvalue weighted by Crippen LogP contribution is 2.43. The molecule has 9 aromatic carbocycles. The lowest BCUT2D eigenvalue weighted by Crippen LogP contribution is -2.75. The third kappa shape index (κ3) is 5.03. The lowest BCUT2D eigenvalue weighted by atomic mass is 9.99. The van der Waals surface area contributed by atoms with Crippen molar-refractivity contribution in [3.63, 3.8) is 0 Å². The fourth-order valence-corrected chi connectivity index (χ4v) is 14.6. The summed E-state index contributed by atoms with van der Waals surface area (Å²) in [5.74, 6) is 0. The van der Waals surface area contributed by atoms with Gasteiger partial charge in [-0.1, -0.05) is 194 Å². The highest BCUT2D eigenvalue weighted by atomic mass is 28.3. The molecule has 2 aromatic heterocycles. The fourth-order valence-electron chi connectivity index (χ4n) is 9.59. The van der Waals surface area contributed by atoms with Crippen molar-refractivity contribution in [2.24, 2.45) is 0 Å². The molecule has 0 fully saturated rings. The second kappa shape index (κ2) is 13.5. The highest BCUT2D eigenvalue weighted by Gasteiger charge is 2.43. The monoisotopic (exact) mass is 742 g/mol. The quantitative estimate of drug-likeness (QED) is 0.114. The molecule has 0 saturated carbocycles. The van der Waals surface area contributed by atoms with Gasteiger partial charge in [-0.05, 0) is 68.3 Å². The van der Waals surface area contributed by atoms with E-state index in [4.69, 9.17) is 0 Å². The lowest BCUT2D eigenvalue weighted by Gasteiger charge is -2.35. The average molecular weight is 743 g/mol. The molecule has 0 radical (unpaired) electrons. The Hall–Kier alpha value is -7.20. The van der Waals surface area contributed by atoms with Crippen LogP contribution in [0.25, 0.3) is 66.1 Å². The number of hydrogen-bond acceptors (Lipinski definition) is 0. The van der Waals surface area contributed by atoms with Crippen LogP contribution < -0.4 is 20.7 Å². The zero-order valence-corrected chi connectivity index (χ0v) is 32.3. The first-order valence-electron chi connectivity index (χ1n) is 19.7. The zero-order chi connectivity index (χ0) is 37.8. The van der Waals surface area contributed by atoms with Crippen molar-refractivity contribution >= 4 is 72.4 Å². The summed E-state index contributed by atoms with van der Waals surface area (Å²) in [6.07, 6.45) is 0. The minimum Gasteiger partial charge on any atom is -0.309 e. The van der Waals surface area contributed by atoms with Gasteiger partial charge in [0.1, 0.15) is 0 Å². The summed E-state index contributed by atoms with van der Waals surface area (Å²) in [5, 5.41) is 10.4. The minimum atomic E-state index is -2.95. The fraction of sp³-hybridized carbons (Fsp3) is 0. The van der Waals surface area contributed by atoms with Crippen LogP contribution in [-0.4, -0.2) is 17.2 Å². The number of hydrogen-bond donors (Lipinski definition) is 0. The number of para-hydroxylation sites is 3. The van der Waals surface area contributed by atoms with Crippen LogP contribution in [0.1, 0.15) is 0 Å². The van der Waals surface area contributed by atoms with Gasteiger partial charge in [0.15, 0.2) is 8.07 Å². The number of nitrogens with zero attached hydrogens (tertiary/aromatic N) is 2. The van der Waals surface area contributed by atoms with Gasteiger partial charge in [-0.15, -0.1) is 0 Å². The molecule has 0 aliphatic carbocycles. The van der Waals surface area contributed by atoms with E-state index >= 15 is 0 Å². The van der Waals surface area contributed by atoms with Gasteiger partial charge >= 0.3 is 0 Å². The second-order valence-corrected chi connectivity index (χ2v) is 18.6. The highest BCUT2D eigenvalue weighted by molar-refractivity contribution is 7.20. The van der Waals surface area contributed by atoms with Crippen molar-refractivity contribution in [3.8, 4) is 22.5 Å². The first kappa shape index (κ1) is 33.2. The summed E-state index contributed by atoms with van der Waals surface area (Å²) in [6.45, 7) is 0. The van der Waals surface area contributed by atoms with E-state index in [0.717, 1.165) is 5.69 Å². The molecule has 2 heterocycles. The lowest BCUT2D eigenvalue weighted by molar-refractivity contribution is 1.17. The molecule has 2 nitrogen and oxygen atoms in total. The largest absolute Gasteiger partial charge is 0.309 e. The van der Waals surface area contributed by atoms with Gasteiger partial charge < -0.3 is 9.13 Å². The molecule has 3 heteroatoms. The van der Waals surface area contributed by atoms with Crippen molar-refractivity contribution in [3.05, 3.63) is 231 Å². The van der Waals surface area contributed by atoms with E-state index in [1.807, 2.05) is 0 Å². The van der Waals surface area contributed by atoms with E-state index < -0.39 is 8.07 Å². The van der Waals surface area contributed by atoms with E-state index in [2.05, 4.69) is 240 Å². The summed E-state index contributed by atoms with van der Waals surface area (Å²) in [5.41, 5.74) is 9.57. The van der Waals surface area contributed by atoms with Crippen LogP contribution in [0.15, 0.2) is 231 Å². The molecule has 11 aromatic rings. The maximum absolute atomic E-state index is 2.95. The second-order valence-electron chi connectivity index (χ2n) is 14.8. The summed E-state index contributed by atoms with van der Waals surface area (Å²) in [7, 11) is -2.95. The molecule has 11 rings (SSSR count). The molecule has 0 amide bonds. The number of benzene rings is 9. The Bertz CT molecular complexity index is 3110. The number of rotatable bonds is 7. The van der Waals surface area contributed by atoms with Crippen LogP contribution in [0.5, 0.6) is 0 Å². The summed E-state index contributed by atoms with van der Waals surface area (Å²) in [4.78, 5) is 0. The molecule has 0 spiro atoms. The Kier molecular flexibility index (Phi) is 7.87. The molecule has 0 atom stereocenters. The molecule has 0 saturated heterocycles. The molecule has 0 bridgehead atoms. The number of aromatic nitrogens is 2. The molecular weight excluding hydrogens is 705 g/mol. The van der Waals surface area contributed by atoms with E-state index in [1.54, 1.807) is 0 Å². The topological polar surface area (TPSA) is 9.86 Å². The molecule has 268 valence electrons. The smallest absolute Gasteiger partial charge is 0.181 e. The van der Waals surface area contributed by atoms with Gasteiger partial charge in [0, 0.05) is 27.2 Å². The molecular formula is C54H38N2Si. The minimum absolute atomic E-state index is 1.14.